The molecule has 1 fully saturated rings. The van der Waals surface area contributed by atoms with Crippen LogP contribution in [0.3, 0.4) is 0 Å². The molecule has 0 heterocycles. The van der Waals surface area contributed by atoms with E-state index in [0.717, 1.165) is 32.1 Å². The fraction of sp³-hybridized carbons (Fsp3) is 0.636. The van der Waals surface area contributed by atoms with Gasteiger partial charge in [-0.2, -0.15) is 5.26 Å². The highest BCUT2D eigenvalue weighted by Crippen LogP contribution is 2.29. The first-order chi connectivity index (χ1) is 12.4. The van der Waals surface area contributed by atoms with Crippen molar-refractivity contribution in [2.24, 2.45) is 5.92 Å². The van der Waals surface area contributed by atoms with Gasteiger partial charge in [-0.25, -0.2) is 0 Å². The molecule has 0 spiro atoms. The van der Waals surface area contributed by atoms with E-state index in [9.17, 15) is 10.1 Å². The molecule has 1 saturated carbocycles. The minimum Gasteiger partial charge on any atom is -0.337 e. The lowest BCUT2D eigenvalue weighted by molar-refractivity contribution is -0.121. The number of hydrogen-bond acceptors (Lipinski definition) is 3. The van der Waals surface area contributed by atoms with Crippen LogP contribution < -0.4 is 10.6 Å². The molecule has 1 aromatic carbocycles. The highest BCUT2D eigenvalue weighted by atomic mass is 16.2. The van der Waals surface area contributed by atoms with Crippen LogP contribution in [0.15, 0.2) is 24.3 Å². The van der Waals surface area contributed by atoms with E-state index in [2.05, 4.69) is 68.7 Å². The van der Waals surface area contributed by atoms with Gasteiger partial charge in [0.2, 0.25) is 5.91 Å². The van der Waals surface area contributed by atoms with Crippen molar-refractivity contribution in [1.29, 1.82) is 5.26 Å². The molecule has 0 unspecified atom stereocenters. The Hall–Kier alpha value is -1.86. The molecule has 2 atom stereocenters. The van der Waals surface area contributed by atoms with E-state index in [0.29, 0.717) is 11.8 Å². The Bertz CT molecular complexity index is 624. The number of rotatable bonds is 8. The summed E-state index contributed by atoms with van der Waals surface area (Å²) in [6.45, 7) is 9.00. The Morgan fingerprint density at radius 1 is 1.15 bits per heavy atom. The second-order valence-electron chi connectivity index (χ2n) is 8.03. The maximum atomic E-state index is 12.4. The smallest absolute Gasteiger partial charge is 0.235 e. The third-order valence-electron chi connectivity index (χ3n) is 5.68. The number of amides is 1. The molecule has 2 N–H and O–H groups in total. The van der Waals surface area contributed by atoms with Crippen LogP contribution >= 0.6 is 0 Å². The number of nitrogens with one attached hydrogen (secondary N) is 2. The zero-order valence-electron chi connectivity index (χ0n) is 16.6. The van der Waals surface area contributed by atoms with Gasteiger partial charge in [-0.3, -0.25) is 4.79 Å². The van der Waals surface area contributed by atoms with Gasteiger partial charge in [0, 0.05) is 6.04 Å². The average Bonchev–Trinajstić information content (AvgIpc) is 3.10. The Labute approximate surface area is 158 Å². The molecule has 0 radical (unpaired) electrons. The van der Waals surface area contributed by atoms with Crippen LogP contribution in [-0.4, -0.2) is 18.0 Å². The maximum absolute atomic E-state index is 12.4. The molecule has 0 aliphatic heterocycles. The SMILES string of the molecule is CC[C@@H](C)c1ccc([C@H](NCC(=O)NC2(C#N)CCCC2)C(C)C)cc1. The lowest BCUT2D eigenvalue weighted by atomic mass is 9.92. The van der Waals surface area contributed by atoms with E-state index >= 15 is 0 Å². The number of benzene rings is 1. The molecule has 1 amide bonds. The fourth-order valence-electron chi connectivity index (χ4n) is 3.76. The van der Waals surface area contributed by atoms with Gasteiger partial charge in [-0.15, -0.1) is 0 Å². The zero-order chi connectivity index (χ0) is 19.2. The predicted molar refractivity (Wildman–Crippen MR) is 106 cm³/mol. The molecule has 4 heteroatoms. The first-order valence-corrected chi connectivity index (χ1v) is 9.96. The summed E-state index contributed by atoms with van der Waals surface area (Å²) in [6.07, 6.45) is 4.68. The molecule has 142 valence electrons. The minimum atomic E-state index is -0.649. The Kier molecular flexibility index (Phi) is 7.23. The third kappa shape index (κ3) is 5.08. The summed E-state index contributed by atoms with van der Waals surface area (Å²) in [5.41, 5.74) is 1.91. The fourth-order valence-corrected chi connectivity index (χ4v) is 3.76. The first-order valence-electron chi connectivity index (χ1n) is 9.96. The van der Waals surface area contributed by atoms with E-state index in [1.54, 1.807) is 0 Å². The summed E-state index contributed by atoms with van der Waals surface area (Å²) in [5, 5.41) is 15.8. The first kappa shape index (κ1) is 20.5. The molecule has 4 nitrogen and oxygen atoms in total. The molecule has 1 aliphatic carbocycles. The summed E-state index contributed by atoms with van der Waals surface area (Å²) in [4.78, 5) is 12.4. The standard InChI is InChI=1S/C22H33N3O/c1-5-17(4)18-8-10-19(11-9-18)21(16(2)3)24-14-20(26)25-22(15-23)12-6-7-13-22/h8-11,16-17,21,24H,5-7,12-14H2,1-4H3,(H,25,26)/t17-,21-/m1/s1. The topological polar surface area (TPSA) is 64.9 Å². The van der Waals surface area contributed by atoms with E-state index in [1.165, 1.54) is 11.1 Å². The van der Waals surface area contributed by atoms with Gasteiger partial charge in [0.1, 0.15) is 5.54 Å². The second kappa shape index (κ2) is 9.19. The number of carbonyl (C=O) groups is 1. The van der Waals surface area contributed by atoms with Crippen LogP contribution in [0.5, 0.6) is 0 Å². The van der Waals surface area contributed by atoms with Crippen LogP contribution in [0.25, 0.3) is 0 Å². The zero-order valence-corrected chi connectivity index (χ0v) is 16.6. The summed E-state index contributed by atoms with van der Waals surface area (Å²) in [5.74, 6) is 0.845. The highest BCUT2D eigenvalue weighted by molar-refractivity contribution is 5.79. The number of carbonyl (C=O) groups excluding carboxylic acids is 1. The summed E-state index contributed by atoms with van der Waals surface area (Å²) >= 11 is 0. The lowest BCUT2D eigenvalue weighted by Gasteiger charge is -2.26. The average molecular weight is 356 g/mol. The van der Waals surface area contributed by atoms with E-state index in [1.807, 2.05) is 0 Å². The van der Waals surface area contributed by atoms with Crippen molar-refractivity contribution >= 4 is 5.91 Å². The second-order valence-corrected chi connectivity index (χ2v) is 8.03. The highest BCUT2D eigenvalue weighted by Gasteiger charge is 2.35. The number of nitrogens with zero attached hydrogens (tertiary/aromatic N) is 1. The molecular weight excluding hydrogens is 322 g/mol. The molecule has 1 aromatic rings. The van der Waals surface area contributed by atoms with E-state index < -0.39 is 5.54 Å². The van der Waals surface area contributed by atoms with Crippen molar-refractivity contribution < 1.29 is 4.79 Å². The van der Waals surface area contributed by atoms with Crippen molar-refractivity contribution in [2.45, 2.75) is 77.3 Å². The van der Waals surface area contributed by atoms with Gasteiger partial charge in [0.15, 0.2) is 0 Å². The quantitative estimate of drug-likeness (QED) is 0.724. The van der Waals surface area contributed by atoms with Crippen molar-refractivity contribution in [3.8, 4) is 6.07 Å². The summed E-state index contributed by atoms with van der Waals surface area (Å²) < 4.78 is 0. The monoisotopic (exact) mass is 355 g/mol. The van der Waals surface area contributed by atoms with Gasteiger partial charge >= 0.3 is 0 Å². The largest absolute Gasteiger partial charge is 0.337 e. The van der Waals surface area contributed by atoms with E-state index in [-0.39, 0.29) is 18.5 Å². The maximum Gasteiger partial charge on any atom is 0.235 e. The van der Waals surface area contributed by atoms with Crippen molar-refractivity contribution in [3.05, 3.63) is 35.4 Å². The molecular formula is C22H33N3O. The Balaban J connectivity index is 1.98. The van der Waals surface area contributed by atoms with Crippen LogP contribution in [0.2, 0.25) is 0 Å². The minimum absolute atomic E-state index is 0.0877. The van der Waals surface area contributed by atoms with Crippen molar-refractivity contribution in [1.82, 2.24) is 10.6 Å². The van der Waals surface area contributed by atoms with Gasteiger partial charge in [0.05, 0.1) is 12.6 Å². The van der Waals surface area contributed by atoms with Crippen LogP contribution in [-0.2, 0) is 4.79 Å². The number of nitriles is 1. The predicted octanol–water partition coefficient (Wildman–Crippen LogP) is 4.44. The van der Waals surface area contributed by atoms with Crippen LogP contribution in [0.4, 0.5) is 0 Å². The molecule has 26 heavy (non-hydrogen) atoms. The lowest BCUT2D eigenvalue weighted by Crippen LogP contribution is -2.48. The van der Waals surface area contributed by atoms with Gasteiger partial charge in [-0.1, -0.05) is 52.0 Å². The van der Waals surface area contributed by atoms with Crippen LogP contribution in [0, 0.1) is 17.2 Å². The van der Waals surface area contributed by atoms with Crippen molar-refractivity contribution in [2.75, 3.05) is 6.54 Å². The number of hydrogen-bond donors (Lipinski definition) is 2. The van der Waals surface area contributed by atoms with Gasteiger partial charge < -0.3 is 10.6 Å². The summed E-state index contributed by atoms with van der Waals surface area (Å²) in [7, 11) is 0. The Morgan fingerprint density at radius 2 is 1.73 bits per heavy atom. The third-order valence-corrected chi connectivity index (χ3v) is 5.68. The molecule has 1 aliphatic rings. The molecule has 2 rings (SSSR count). The molecule has 0 saturated heterocycles. The normalized spacial score (nSPS) is 18.3. The van der Waals surface area contributed by atoms with Gasteiger partial charge in [-0.05, 0) is 55.1 Å². The van der Waals surface area contributed by atoms with Crippen molar-refractivity contribution in [3.63, 3.8) is 0 Å². The molecule has 0 bridgehead atoms. The van der Waals surface area contributed by atoms with Crippen LogP contribution in [0.1, 0.15) is 82.9 Å². The van der Waals surface area contributed by atoms with E-state index in [4.69, 9.17) is 0 Å². The Morgan fingerprint density at radius 3 is 2.23 bits per heavy atom. The molecule has 0 aromatic heterocycles. The van der Waals surface area contributed by atoms with Gasteiger partial charge in [0.25, 0.3) is 0 Å². The summed E-state index contributed by atoms with van der Waals surface area (Å²) in [6, 6.07) is 11.2.